The molecule has 1 saturated carbocycles. The Hall–Kier alpha value is -1.84. The van der Waals surface area contributed by atoms with Crippen LogP contribution in [0.1, 0.15) is 25.7 Å². The van der Waals surface area contributed by atoms with E-state index in [1.807, 2.05) is 42.3 Å². The molecule has 3 rings (SSSR count). The van der Waals surface area contributed by atoms with Crippen LogP contribution >= 0.6 is 0 Å². The molecule has 0 radical (unpaired) electrons. The van der Waals surface area contributed by atoms with Crippen molar-refractivity contribution in [3.05, 3.63) is 30.3 Å². The van der Waals surface area contributed by atoms with Crippen LogP contribution < -0.4 is 4.90 Å². The Labute approximate surface area is 125 Å². The molecule has 2 amide bonds. The number of anilines is 1. The van der Waals surface area contributed by atoms with E-state index in [2.05, 4.69) is 0 Å². The fraction of sp³-hybridized carbons (Fsp3) is 0.529. The van der Waals surface area contributed by atoms with Crippen molar-refractivity contribution in [2.24, 2.45) is 11.8 Å². The zero-order valence-corrected chi connectivity index (χ0v) is 12.5. The minimum atomic E-state index is 0.0402. The lowest BCUT2D eigenvalue weighted by atomic mass is 9.95. The summed E-state index contributed by atoms with van der Waals surface area (Å²) in [6.45, 7) is 1.46. The number of hydrogen-bond donors (Lipinski definition) is 0. The summed E-state index contributed by atoms with van der Waals surface area (Å²) in [5.41, 5.74) is 0.930. The summed E-state index contributed by atoms with van der Waals surface area (Å²) in [4.78, 5) is 28.3. The quantitative estimate of drug-likeness (QED) is 0.855. The highest BCUT2D eigenvalue weighted by molar-refractivity contribution is 5.94. The number of carbonyl (C=O) groups excluding carboxylic acids is 2. The van der Waals surface area contributed by atoms with Crippen molar-refractivity contribution >= 4 is 17.5 Å². The van der Waals surface area contributed by atoms with Crippen molar-refractivity contribution in [3.8, 4) is 0 Å². The maximum Gasteiger partial charge on any atom is 0.229 e. The number of hydrogen-bond acceptors (Lipinski definition) is 2. The lowest BCUT2D eigenvalue weighted by Gasteiger charge is -2.33. The zero-order valence-electron chi connectivity index (χ0n) is 12.5. The van der Waals surface area contributed by atoms with E-state index in [4.69, 9.17) is 0 Å². The lowest BCUT2D eigenvalue weighted by Crippen LogP contribution is -2.44. The van der Waals surface area contributed by atoms with Crippen LogP contribution in [0.4, 0.5) is 5.69 Å². The number of para-hydroxylation sites is 1. The third-order valence-corrected chi connectivity index (χ3v) is 4.56. The average molecular weight is 286 g/mol. The van der Waals surface area contributed by atoms with E-state index in [1.54, 1.807) is 4.90 Å². The molecule has 0 bridgehead atoms. The van der Waals surface area contributed by atoms with E-state index in [0.29, 0.717) is 5.91 Å². The molecule has 2 aliphatic rings. The molecule has 21 heavy (non-hydrogen) atoms. The number of likely N-dealkylation sites (tertiary alicyclic amines) is 1. The van der Waals surface area contributed by atoms with Crippen LogP contribution in [0.2, 0.25) is 0 Å². The predicted octanol–water partition coefficient (Wildman–Crippen LogP) is 2.30. The summed E-state index contributed by atoms with van der Waals surface area (Å²) in [6.07, 6.45) is 3.67. The van der Waals surface area contributed by atoms with Crippen LogP contribution in [0.25, 0.3) is 0 Å². The molecule has 1 saturated heterocycles. The van der Waals surface area contributed by atoms with Crippen molar-refractivity contribution in [1.29, 1.82) is 0 Å². The highest BCUT2D eigenvalue weighted by Crippen LogP contribution is 2.32. The topological polar surface area (TPSA) is 40.6 Å². The van der Waals surface area contributed by atoms with Gasteiger partial charge in [0, 0.05) is 37.7 Å². The van der Waals surface area contributed by atoms with Crippen molar-refractivity contribution in [3.63, 3.8) is 0 Å². The monoisotopic (exact) mass is 286 g/mol. The molecular formula is C17H22N2O2. The van der Waals surface area contributed by atoms with Gasteiger partial charge in [0.1, 0.15) is 0 Å². The molecule has 1 aromatic rings. The first-order chi connectivity index (χ1) is 10.2. The number of nitrogens with zero attached hydrogens (tertiary/aromatic N) is 2. The van der Waals surface area contributed by atoms with Gasteiger partial charge in [-0.05, 0) is 37.8 Å². The molecule has 0 unspecified atom stereocenters. The van der Waals surface area contributed by atoms with Crippen molar-refractivity contribution in [2.75, 3.05) is 25.0 Å². The Morgan fingerprint density at radius 2 is 1.62 bits per heavy atom. The highest BCUT2D eigenvalue weighted by atomic mass is 16.2. The van der Waals surface area contributed by atoms with Crippen molar-refractivity contribution < 1.29 is 9.59 Å². The van der Waals surface area contributed by atoms with Crippen LogP contribution in [0.15, 0.2) is 30.3 Å². The first-order valence-corrected chi connectivity index (χ1v) is 7.78. The van der Waals surface area contributed by atoms with Gasteiger partial charge in [-0.3, -0.25) is 9.59 Å². The molecule has 1 heterocycles. The van der Waals surface area contributed by atoms with Crippen molar-refractivity contribution in [1.82, 2.24) is 4.90 Å². The van der Waals surface area contributed by atoms with Gasteiger partial charge < -0.3 is 9.80 Å². The highest BCUT2D eigenvalue weighted by Gasteiger charge is 2.36. The number of rotatable bonds is 3. The molecule has 1 aliphatic carbocycles. The second-order valence-corrected chi connectivity index (χ2v) is 6.11. The van der Waals surface area contributed by atoms with E-state index in [-0.39, 0.29) is 17.7 Å². The van der Waals surface area contributed by atoms with Crippen LogP contribution in [-0.2, 0) is 9.59 Å². The first-order valence-electron chi connectivity index (χ1n) is 7.78. The summed E-state index contributed by atoms with van der Waals surface area (Å²) in [7, 11) is 1.83. The summed E-state index contributed by atoms with van der Waals surface area (Å²) in [5, 5.41) is 0. The van der Waals surface area contributed by atoms with Gasteiger partial charge in [0.15, 0.2) is 0 Å². The third kappa shape index (κ3) is 3.09. The number of piperidine rings is 1. The second kappa shape index (κ2) is 5.88. The molecule has 112 valence electrons. The van der Waals surface area contributed by atoms with Gasteiger partial charge in [0.05, 0.1) is 0 Å². The van der Waals surface area contributed by atoms with Crippen molar-refractivity contribution in [2.45, 2.75) is 25.7 Å². The van der Waals surface area contributed by atoms with E-state index >= 15 is 0 Å². The molecule has 4 heteroatoms. The molecule has 4 nitrogen and oxygen atoms in total. The van der Waals surface area contributed by atoms with Gasteiger partial charge >= 0.3 is 0 Å². The Morgan fingerprint density at radius 3 is 2.19 bits per heavy atom. The SMILES string of the molecule is CN(C(=O)C1CCN(C(=O)C2CC2)CC1)c1ccccc1. The Morgan fingerprint density at radius 1 is 1.00 bits per heavy atom. The standard InChI is InChI=1S/C17H22N2O2/c1-18(15-5-3-2-4-6-15)16(20)14-9-11-19(12-10-14)17(21)13-7-8-13/h2-6,13-14H,7-12H2,1H3. The molecular weight excluding hydrogens is 264 g/mol. The van der Waals surface area contributed by atoms with Gasteiger partial charge in [-0.2, -0.15) is 0 Å². The van der Waals surface area contributed by atoms with Gasteiger partial charge in [0.2, 0.25) is 11.8 Å². The summed E-state index contributed by atoms with van der Waals surface area (Å²) in [6, 6.07) is 9.73. The van der Waals surface area contributed by atoms with E-state index < -0.39 is 0 Å². The minimum absolute atomic E-state index is 0.0402. The molecule has 1 aliphatic heterocycles. The lowest BCUT2D eigenvalue weighted by molar-refractivity contribution is -0.136. The van der Waals surface area contributed by atoms with Crippen LogP contribution in [0.3, 0.4) is 0 Å². The average Bonchev–Trinajstić information content (AvgIpc) is 3.39. The molecule has 1 aromatic carbocycles. The van der Waals surface area contributed by atoms with E-state index in [9.17, 15) is 9.59 Å². The Balaban J connectivity index is 1.56. The number of benzene rings is 1. The molecule has 0 N–H and O–H groups in total. The third-order valence-electron chi connectivity index (χ3n) is 4.56. The summed E-state index contributed by atoms with van der Waals surface area (Å²) >= 11 is 0. The maximum absolute atomic E-state index is 12.5. The van der Waals surface area contributed by atoms with E-state index in [0.717, 1.165) is 44.5 Å². The van der Waals surface area contributed by atoms with Crippen LogP contribution in [-0.4, -0.2) is 36.9 Å². The molecule has 0 atom stereocenters. The maximum atomic E-state index is 12.5. The summed E-state index contributed by atoms with van der Waals surface area (Å²) < 4.78 is 0. The van der Waals surface area contributed by atoms with Gasteiger partial charge in [0.25, 0.3) is 0 Å². The predicted molar refractivity (Wildman–Crippen MR) is 81.9 cm³/mol. The van der Waals surface area contributed by atoms with E-state index in [1.165, 1.54) is 0 Å². The zero-order chi connectivity index (χ0) is 14.8. The number of amides is 2. The van der Waals surface area contributed by atoms with Gasteiger partial charge in [-0.15, -0.1) is 0 Å². The molecule has 2 fully saturated rings. The molecule has 0 aromatic heterocycles. The fourth-order valence-corrected chi connectivity index (χ4v) is 2.99. The molecule has 0 spiro atoms. The number of carbonyl (C=O) groups is 2. The normalized spacial score (nSPS) is 19.4. The summed E-state index contributed by atoms with van der Waals surface area (Å²) in [5.74, 6) is 0.791. The Kier molecular flexibility index (Phi) is 3.95. The van der Waals surface area contributed by atoms with Gasteiger partial charge in [-0.1, -0.05) is 18.2 Å². The largest absolute Gasteiger partial charge is 0.342 e. The smallest absolute Gasteiger partial charge is 0.229 e. The minimum Gasteiger partial charge on any atom is -0.342 e. The van der Waals surface area contributed by atoms with Crippen LogP contribution in [0, 0.1) is 11.8 Å². The first kappa shape index (κ1) is 14.1. The second-order valence-electron chi connectivity index (χ2n) is 6.11. The van der Waals surface area contributed by atoms with Crippen LogP contribution in [0.5, 0.6) is 0 Å². The van der Waals surface area contributed by atoms with Gasteiger partial charge in [-0.25, -0.2) is 0 Å². The fourth-order valence-electron chi connectivity index (χ4n) is 2.99. The Bertz CT molecular complexity index is 517.